The highest BCUT2D eigenvalue weighted by Crippen LogP contribution is 2.18. The molecule has 1 unspecified atom stereocenters. The first-order valence-corrected chi connectivity index (χ1v) is 9.27. The van der Waals surface area contributed by atoms with Crippen LogP contribution in [0.25, 0.3) is 0 Å². The molecular weight excluding hydrogens is 360 g/mol. The number of hydrogen-bond acceptors (Lipinski definition) is 6. The van der Waals surface area contributed by atoms with Gasteiger partial charge in [-0.1, -0.05) is 11.9 Å². The van der Waals surface area contributed by atoms with Crippen LogP contribution in [0.4, 0.5) is 4.79 Å². The molecule has 0 aliphatic carbocycles. The van der Waals surface area contributed by atoms with E-state index in [9.17, 15) is 9.59 Å². The van der Waals surface area contributed by atoms with E-state index in [1.807, 2.05) is 42.7 Å². The summed E-state index contributed by atoms with van der Waals surface area (Å²) in [5, 5.41) is 4.25. The Morgan fingerprint density at radius 3 is 2.57 bits per heavy atom. The second-order valence-electron chi connectivity index (χ2n) is 6.50. The Morgan fingerprint density at radius 2 is 1.93 bits per heavy atom. The molecule has 28 heavy (non-hydrogen) atoms. The van der Waals surface area contributed by atoms with E-state index < -0.39 is 12.1 Å². The second-order valence-corrected chi connectivity index (χ2v) is 6.50. The number of urea groups is 1. The van der Waals surface area contributed by atoms with Gasteiger partial charge in [-0.3, -0.25) is 14.6 Å². The second kappa shape index (κ2) is 8.20. The van der Waals surface area contributed by atoms with Gasteiger partial charge in [-0.15, -0.1) is 5.10 Å². The van der Waals surface area contributed by atoms with Crippen LogP contribution >= 0.6 is 0 Å². The summed E-state index contributed by atoms with van der Waals surface area (Å²) in [7, 11) is 3.10. The maximum atomic E-state index is 12.6. The SMILES string of the molecule is CCC[N+]1=C(N/N=C/c2ccc(OCC)cc2)N=C2C1C(=O)N(C)C(=O)N2C. The van der Waals surface area contributed by atoms with Crippen molar-refractivity contribution in [1.29, 1.82) is 0 Å². The molecule has 3 rings (SSSR count). The van der Waals surface area contributed by atoms with Gasteiger partial charge in [0.05, 0.1) is 19.4 Å². The Labute approximate surface area is 164 Å². The van der Waals surface area contributed by atoms with E-state index in [1.165, 1.54) is 11.9 Å². The van der Waals surface area contributed by atoms with E-state index in [0.29, 0.717) is 24.9 Å². The number of nitrogens with zero attached hydrogens (tertiary/aromatic N) is 5. The van der Waals surface area contributed by atoms with Crippen LogP contribution < -0.4 is 10.2 Å². The Balaban J connectivity index is 1.80. The normalized spacial score (nSPS) is 19.4. The highest BCUT2D eigenvalue weighted by Gasteiger charge is 2.51. The Morgan fingerprint density at radius 1 is 1.21 bits per heavy atom. The number of ether oxygens (including phenoxy) is 1. The highest BCUT2D eigenvalue weighted by atomic mass is 16.5. The van der Waals surface area contributed by atoms with E-state index >= 15 is 0 Å². The number of amidine groups is 1. The van der Waals surface area contributed by atoms with E-state index in [0.717, 1.165) is 22.6 Å². The van der Waals surface area contributed by atoms with Crippen molar-refractivity contribution in [2.45, 2.75) is 26.3 Å². The molecule has 3 amide bonds. The van der Waals surface area contributed by atoms with Crippen LogP contribution in [0, 0.1) is 0 Å². The van der Waals surface area contributed by atoms with Gasteiger partial charge in [0, 0.05) is 14.1 Å². The molecule has 0 saturated carbocycles. The number of hydrazone groups is 1. The lowest BCUT2D eigenvalue weighted by atomic mass is 10.1. The summed E-state index contributed by atoms with van der Waals surface area (Å²) in [6.07, 6.45) is 2.49. The van der Waals surface area contributed by atoms with Crippen LogP contribution in [0.3, 0.4) is 0 Å². The van der Waals surface area contributed by atoms with E-state index in [-0.39, 0.29) is 5.91 Å². The molecule has 2 aliphatic rings. The molecule has 1 N–H and O–H groups in total. The van der Waals surface area contributed by atoms with Crippen LogP contribution in [0.2, 0.25) is 0 Å². The van der Waals surface area contributed by atoms with Gasteiger partial charge in [0.25, 0.3) is 5.91 Å². The third-order valence-corrected chi connectivity index (χ3v) is 4.56. The third-order valence-electron chi connectivity index (χ3n) is 4.56. The number of guanidine groups is 1. The highest BCUT2D eigenvalue weighted by molar-refractivity contribution is 6.22. The molecule has 1 aromatic rings. The fraction of sp³-hybridized carbons (Fsp3) is 0.421. The standard InChI is InChI=1S/C19H24N6O3/c1-5-11-25-15-16(23(3)19(27)24(4)17(15)26)21-18(25)22-20-12-13-7-9-14(10-8-13)28-6-2/h7-10,12,15H,5-6,11H2,1-4H3/p+1/b20-12+. The summed E-state index contributed by atoms with van der Waals surface area (Å²) in [5.74, 6) is 1.38. The summed E-state index contributed by atoms with van der Waals surface area (Å²) >= 11 is 0. The monoisotopic (exact) mass is 385 g/mol. The van der Waals surface area contributed by atoms with Gasteiger partial charge in [0.15, 0.2) is 0 Å². The summed E-state index contributed by atoms with van der Waals surface area (Å²) < 4.78 is 7.26. The molecule has 1 aromatic carbocycles. The first kappa shape index (κ1) is 19.5. The number of fused-ring (bicyclic) bond motifs is 1. The minimum atomic E-state index is -0.615. The van der Waals surface area contributed by atoms with Crippen molar-refractivity contribution in [3.05, 3.63) is 29.8 Å². The number of carbonyl (C=O) groups is 2. The molecule has 9 heteroatoms. The van der Waals surface area contributed by atoms with E-state index in [4.69, 9.17) is 4.74 Å². The zero-order valence-electron chi connectivity index (χ0n) is 16.5. The lowest BCUT2D eigenvalue weighted by Crippen LogP contribution is -2.61. The maximum Gasteiger partial charge on any atom is 0.413 e. The number of rotatable bonds is 6. The van der Waals surface area contributed by atoms with Crippen molar-refractivity contribution in [1.82, 2.24) is 15.2 Å². The number of hydrogen-bond donors (Lipinski definition) is 1. The fourth-order valence-electron chi connectivity index (χ4n) is 3.14. The zero-order chi connectivity index (χ0) is 20.3. The average molecular weight is 385 g/mol. The van der Waals surface area contributed by atoms with Gasteiger partial charge in [0.1, 0.15) is 5.75 Å². The zero-order valence-corrected chi connectivity index (χ0v) is 16.5. The summed E-state index contributed by atoms with van der Waals surface area (Å²) in [5.41, 5.74) is 3.81. The number of aliphatic imine (C=N–C) groups is 1. The smallest absolute Gasteiger partial charge is 0.413 e. The summed E-state index contributed by atoms with van der Waals surface area (Å²) in [6.45, 7) is 5.19. The molecule has 148 valence electrons. The third kappa shape index (κ3) is 3.60. The predicted molar refractivity (Wildman–Crippen MR) is 106 cm³/mol. The van der Waals surface area contributed by atoms with Crippen LogP contribution in [-0.4, -0.2) is 77.6 Å². The summed E-state index contributed by atoms with van der Waals surface area (Å²) in [4.78, 5) is 31.8. The van der Waals surface area contributed by atoms with Gasteiger partial charge in [-0.2, -0.15) is 5.43 Å². The van der Waals surface area contributed by atoms with Crippen LogP contribution in [0.5, 0.6) is 5.75 Å². The number of carbonyl (C=O) groups excluding carboxylic acids is 2. The number of likely N-dealkylation sites (N-methyl/N-ethyl adjacent to an activating group) is 2. The van der Waals surface area contributed by atoms with Gasteiger partial charge in [-0.25, -0.2) is 9.37 Å². The number of amides is 3. The minimum Gasteiger partial charge on any atom is -0.494 e. The van der Waals surface area contributed by atoms with Crippen molar-refractivity contribution in [3.8, 4) is 5.75 Å². The van der Waals surface area contributed by atoms with Crippen LogP contribution in [0.1, 0.15) is 25.8 Å². The molecule has 0 radical (unpaired) electrons. The van der Waals surface area contributed by atoms with Crippen molar-refractivity contribution >= 4 is 29.9 Å². The Kier molecular flexibility index (Phi) is 5.72. The molecular formula is C19H25N6O3+. The molecule has 2 aliphatic heterocycles. The number of nitrogens with one attached hydrogen (secondary N) is 1. The molecule has 1 atom stereocenters. The van der Waals surface area contributed by atoms with Crippen molar-refractivity contribution in [2.24, 2.45) is 10.1 Å². The van der Waals surface area contributed by atoms with Crippen LogP contribution in [-0.2, 0) is 4.79 Å². The first-order chi connectivity index (χ1) is 13.5. The van der Waals surface area contributed by atoms with Gasteiger partial charge < -0.3 is 4.74 Å². The molecule has 0 spiro atoms. The predicted octanol–water partition coefficient (Wildman–Crippen LogP) is 1.09. The van der Waals surface area contributed by atoms with Crippen molar-refractivity contribution in [2.75, 3.05) is 27.2 Å². The minimum absolute atomic E-state index is 0.289. The lowest BCUT2D eigenvalue weighted by molar-refractivity contribution is -0.537. The van der Waals surface area contributed by atoms with Crippen molar-refractivity contribution < 1.29 is 18.9 Å². The van der Waals surface area contributed by atoms with Gasteiger partial charge in [-0.05, 0) is 43.2 Å². The first-order valence-electron chi connectivity index (χ1n) is 9.27. The Hall–Kier alpha value is -3.23. The largest absolute Gasteiger partial charge is 0.494 e. The number of benzene rings is 1. The van der Waals surface area contributed by atoms with Crippen LogP contribution in [0.15, 0.2) is 34.4 Å². The summed E-state index contributed by atoms with van der Waals surface area (Å²) in [6, 6.07) is 6.54. The number of imide groups is 1. The molecule has 2 heterocycles. The molecule has 1 fully saturated rings. The molecule has 0 bridgehead atoms. The van der Waals surface area contributed by atoms with Gasteiger partial charge >= 0.3 is 12.0 Å². The maximum absolute atomic E-state index is 12.6. The molecule has 9 nitrogen and oxygen atoms in total. The van der Waals surface area contributed by atoms with E-state index in [1.54, 1.807) is 13.3 Å². The lowest BCUT2D eigenvalue weighted by Gasteiger charge is -2.31. The fourth-order valence-corrected chi connectivity index (χ4v) is 3.14. The van der Waals surface area contributed by atoms with E-state index in [2.05, 4.69) is 15.5 Å². The molecule has 0 aromatic heterocycles. The molecule has 1 saturated heterocycles. The average Bonchev–Trinajstić information content (AvgIpc) is 3.05. The topological polar surface area (TPSA) is 89.6 Å². The van der Waals surface area contributed by atoms with Gasteiger partial charge in [0.2, 0.25) is 11.9 Å². The quantitative estimate of drug-likeness (QED) is 0.451. The van der Waals surface area contributed by atoms with Crippen molar-refractivity contribution in [3.63, 3.8) is 0 Å². The Bertz CT molecular complexity index is 859.